The number of nitrogens with zero attached hydrogens (tertiary/aromatic N) is 5. The molecule has 19 heavy (non-hydrogen) atoms. The van der Waals surface area contributed by atoms with Crippen molar-refractivity contribution in [2.45, 2.75) is 37.5 Å². The maximum Gasteiger partial charge on any atom is 0.343 e. The largest absolute Gasteiger partial charge is 0.343 e. The second-order valence-electron chi connectivity index (χ2n) is 3.86. The Hall–Kier alpha value is -2.14. The minimum Gasteiger partial charge on any atom is -0.270 e. The third kappa shape index (κ3) is 2.37. The van der Waals surface area contributed by atoms with Crippen molar-refractivity contribution >= 4 is 11.8 Å². The van der Waals surface area contributed by atoms with E-state index in [1.165, 1.54) is 4.57 Å². The van der Waals surface area contributed by atoms with Crippen LogP contribution in [0.25, 0.3) is 0 Å². The van der Waals surface area contributed by atoms with Crippen LogP contribution in [0.3, 0.4) is 0 Å². The van der Waals surface area contributed by atoms with Gasteiger partial charge in [0.2, 0.25) is 0 Å². The van der Waals surface area contributed by atoms with Crippen molar-refractivity contribution < 1.29 is 0 Å². The Morgan fingerprint density at radius 2 is 2.16 bits per heavy atom. The van der Waals surface area contributed by atoms with Crippen LogP contribution < -0.4 is 5.69 Å². The van der Waals surface area contributed by atoms with E-state index in [2.05, 4.69) is 26.5 Å². The zero-order chi connectivity index (χ0) is 14.0. The molecule has 2 aromatic heterocycles. The van der Waals surface area contributed by atoms with Crippen molar-refractivity contribution in [1.82, 2.24) is 25.0 Å². The first-order valence-corrected chi connectivity index (χ1v) is 6.47. The summed E-state index contributed by atoms with van der Waals surface area (Å²) >= 11 is 1.16. The van der Waals surface area contributed by atoms with Crippen LogP contribution in [0, 0.1) is 25.2 Å². The lowest BCUT2D eigenvalue weighted by Gasteiger charge is -2.06. The number of H-pyrrole nitrogens is 1. The molecule has 8 heteroatoms. The molecule has 0 fully saturated rings. The number of aromatic nitrogens is 5. The fourth-order valence-electron chi connectivity index (χ4n) is 1.54. The number of hydrogen-bond donors (Lipinski definition) is 1. The molecule has 0 aliphatic carbocycles. The van der Waals surface area contributed by atoms with Crippen LogP contribution in [0.5, 0.6) is 0 Å². The Labute approximate surface area is 113 Å². The van der Waals surface area contributed by atoms with Crippen molar-refractivity contribution in [1.29, 1.82) is 5.26 Å². The van der Waals surface area contributed by atoms with Gasteiger partial charge in [-0.25, -0.2) is 9.89 Å². The highest BCUT2D eigenvalue weighted by molar-refractivity contribution is 7.99. The first kappa shape index (κ1) is 13.3. The fraction of sp³-hybridized carbons (Fsp3) is 0.364. The topological polar surface area (TPSA) is 100 Å². The van der Waals surface area contributed by atoms with Gasteiger partial charge in [0.1, 0.15) is 11.1 Å². The summed E-state index contributed by atoms with van der Waals surface area (Å²) in [4.78, 5) is 11.5. The van der Waals surface area contributed by atoms with Crippen LogP contribution in [0.1, 0.15) is 23.7 Å². The number of nitriles is 1. The summed E-state index contributed by atoms with van der Waals surface area (Å²) in [5.41, 5.74) is 1.70. The monoisotopic (exact) mass is 276 g/mol. The fourth-order valence-corrected chi connectivity index (χ4v) is 2.51. The van der Waals surface area contributed by atoms with Gasteiger partial charge in [0.05, 0.1) is 11.3 Å². The zero-order valence-electron chi connectivity index (χ0n) is 10.8. The van der Waals surface area contributed by atoms with E-state index in [4.69, 9.17) is 0 Å². The zero-order valence-corrected chi connectivity index (χ0v) is 11.6. The molecule has 0 aromatic carbocycles. The van der Waals surface area contributed by atoms with Crippen LogP contribution in [0.2, 0.25) is 0 Å². The number of nitrogens with one attached hydrogen (secondary N) is 1. The third-order valence-electron chi connectivity index (χ3n) is 2.76. The van der Waals surface area contributed by atoms with E-state index in [0.717, 1.165) is 23.0 Å². The van der Waals surface area contributed by atoms with E-state index in [9.17, 15) is 10.1 Å². The Balaban J connectivity index is 2.47. The molecule has 1 N–H and O–H groups in total. The Bertz CT molecular complexity index is 711. The molecule has 0 atom stereocenters. The molecule has 0 bridgehead atoms. The SMILES string of the molecule is CCn1c(Sc2nnc(C)c(C)c2C#N)n[nH]c1=O. The van der Waals surface area contributed by atoms with E-state index < -0.39 is 0 Å². The van der Waals surface area contributed by atoms with Crippen molar-refractivity contribution in [3.05, 3.63) is 27.3 Å². The smallest absolute Gasteiger partial charge is 0.270 e. The summed E-state index contributed by atoms with van der Waals surface area (Å²) in [6, 6.07) is 2.12. The summed E-state index contributed by atoms with van der Waals surface area (Å²) in [6.45, 7) is 5.97. The average Bonchev–Trinajstić information content (AvgIpc) is 2.75. The molecule has 0 spiro atoms. The highest BCUT2D eigenvalue weighted by Gasteiger charge is 2.16. The molecule has 7 nitrogen and oxygen atoms in total. The molecule has 0 unspecified atom stereocenters. The lowest BCUT2D eigenvalue weighted by Crippen LogP contribution is -2.16. The number of aryl methyl sites for hydroxylation is 1. The first-order chi connectivity index (χ1) is 9.08. The van der Waals surface area contributed by atoms with Gasteiger partial charge in [-0.15, -0.1) is 10.2 Å². The molecule has 0 saturated heterocycles. The van der Waals surface area contributed by atoms with Gasteiger partial charge in [-0.2, -0.15) is 10.4 Å². The van der Waals surface area contributed by atoms with E-state index >= 15 is 0 Å². The summed E-state index contributed by atoms with van der Waals surface area (Å²) in [6.07, 6.45) is 0. The summed E-state index contributed by atoms with van der Waals surface area (Å²) < 4.78 is 1.47. The van der Waals surface area contributed by atoms with Crippen molar-refractivity contribution in [3.8, 4) is 6.07 Å². The van der Waals surface area contributed by atoms with Crippen LogP contribution in [-0.4, -0.2) is 25.0 Å². The standard InChI is InChI=1S/C11H12N6OS/c1-4-17-10(18)15-16-11(17)19-9-8(5-12)6(2)7(3)13-14-9/h4H2,1-3H3,(H,15,18). The molecule has 0 aliphatic heterocycles. The Morgan fingerprint density at radius 3 is 2.79 bits per heavy atom. The molecular weight excluding hydrogens is 264 g/mol. The summed E-state index contributed by atoms with van der Waals surface area (Å²) in [7, 11) is 0. The van der Waals surface area contributed by atoms with E-state index in [0.29, 0.717) is 22.3 Å². The number of rotatable bonds is 3. The number of aromatic amines is 1. The Morgan fingerprint density at radius 1 is 1.42 bits per heavy atom. The summed E-state index contributed by atoms with van der Waals surface area (Å²) in [5.74, 6) is 0. The predicted molar refractivity (Wildman–Crippen MR) is 68.9 cm³/mol. The highest BCUT2D eigenvalue weighted by atomic mass is 32.2. The average molecular weight is 276 g/mol. The highest BCUT2D eigenvalue weighted by Crippen LogP contribution is 2.27. The van der Waals surface area contributed by atoms with Crippen molar-refractivity contribution in [2.24, 2.45) is 0 Å². The van der Waals surface area contributed by atoms with Gasteiger partial charge in [-0.05, 0) is 38.1 Å². The van der Waals surface area contributed by atoms with E-state index in [-0.39, 0.29) is 5.69 Å². The molecular formula is C11H12N6OS. The molecule has 2 rings (SSSR count). The molecule has 0 radical (unpaired) electrons. The maximum atomic E-state index is 11.5. The summed E-state index contributed by atoms with van der Waals surface area (Å²) in [5, 5.41) is 24.4. The quantitative estimate of drug-likeness (QED) is 0.898. The minimum atomic E-state index is -0.277. The molecule has 98 valence electrons. The molecule has 0 saturated carbocycles. The maximum absolute atomic E-state index is 11.5. The van der Waals surface area contributed by atoms with Crippen LogP contribution in [-0.2, 0) is 6.54 Å². The van der Waals surface area contributed by atoms with Gasteiger partial charge in [0, 0.05) is 6.54 Å². The third-order valence-corrected chi connectivity index (χ3v) is 3.74. The van der Waals surface area contributed by atoms with Gasteiger partial charge in [-0.1, -0.05) is 0 Å². The van der Waals surface area contributed by atoms with Crippen LogP contribution >= 0.6 is 11.8 Å². The molecule has 2 aromatic rings. The van der Waals surface area contributed by atoms with Crippen molar-refractivity contribution in [2.75, 3.05) is 0 Å². The molecule has 2 heterocycles. The lowest BCUT2D eigenvalue weighted by atomic mass is 10.1. The number of hydrogen-bond acceptors (Lipinski definition) is 6. The van der Waals surface area contributed by atoms with E-state index in [1.54, 1.807) is 6.92 Å². The Kier molecular flexibility index (Phi) is 3.66. The van der Waals surface area contributed by atoms with E-state index in [1.807, 2.05) is 13.8 Å². The normalized spacial score (nSPS) is 10.4. The van der Waals surface area contributed by atoms with Gasteiger partial charge in [-0.3, -0.25) is 4.57 Å². The van der Waals surface area contributed by atoms with Crippen LogP contribution in [0.4, 0.5) is 0 Å². The van der Waals surface area contributed by atoms with Gasteiger partial charge in [0.15, 0.2) is 5.16 Å². The van der Waals surface area contributed by atoms with Gasteiger partial charge >= 0.3 is 5.69 Å². The first-order valence-electron chi connectivity index (χ1n) is 5.65. The van der Waals surface area contributed by atoms with Crippen molar-refractivity contribution in [3.63, 3.8) is 0 Å². The molecule has 0 aliphatic rings. The molecule has 0 amide bonds. The second kappa shape index (κ2) is 5.24. The predicted octanol–water partition coefficient (Wildman–Crippen LogP) is 1.02. The van der Waals surface area contributed by atoms with Gasteiger partial charge in [0.25, 0.3) is 0 Å². The second-order valence-corrected chi connectivity index (χ2v) is 4.82. The minimum absolute atomic E-state index is 0.277. The lowest BCUT2D eigenvalue weighted by molar-refractivity contribution is 0.659. The van der Waals surface area contributed by atoms with Gasteiger partial charge < -0.3 is 0 Å². The van der Waals surface area contributed by atoms with Crippen LogP contribution in [0.15, 0.2) is 15.0 Å².